The van der Waals surface area contributed by atoms with Crippen molar-refractivity contribution in [3.63, 3.8) is 0 Å². The largest absolute Gasteiger partial charge is 0.310 e. The summed E-state index contributed by atoms with van der Waals surface area (Å²) in [4.78, 5) is 26.1. The van der Waals surface area contributed by atoms with Gasteiger partial charge in [-0.25, -0.2) is 4.68 Å². The molecule has 1 aliphatic heterocycles. The fourth-order valence-electron chi connectivity index (χ4n) is 4.36. The first kappa shape index (κ1) is 19.2. The minimum absolute atomic E-state index is 0.0513. The van der Waals surface area contributed by atoms with Crippen LogP contribution in [0.15, 0.2) is 60.7 Å². The van der Waals surface area contributed by atoms with Gasteiger partial charge in [-0.3, -0.25) is 9.59 Å². The molecule has 3 aromatic carbocycles. The highest BCUT2D eigenvalue weighted by Gasteiger charge is 2.36. The van der Waals surface area contributed by atoms with E-state index in [1.54, 1.807) is 4.68 Å². The maximum absolute atomic E-state index is 13.5. The van der Waals surface area contributed by atoms with Gasteiger partial charge in [-0.1, -0.05) is 42.5 Å². The number of aryl methyl sites for hydroxylation is 3. The molecule has 5 heteroatoms. The van der Waals surface area contributed by atoms with Crippen molar-refractivity contribution in [1.29, 1.82) is 0 Å². The van der Waals surface area contributed by atoms with E-state index in [2.05, 4.69) is 12.2 Å². The second-order valence-corrected chi connectivity index (χ2v) is 8.26. The molecule has 0 aliphatic carbocycles. The fourth-order valence-corrected chi connectivity index (χ4v) is 4.36. The van der Waals surface area contributed by atoms with Crippen LogP contribution in [-0.2, 0) is 4.79 Å². The molecule has 0 spiro atoms. The average Bonchev–Trinajstić information content (AvgIpc) is 3.10. The van der Waals surface area contributed by atoms with Crippen molar-refractivity contribution in [3.05, 3.63) is 88.6 Å². The van der Waals surface area contributed by atoms with E-state index in [9.17, 15) is 9.59 Å². The minimum Gasteiger partial charge on any atom is -0.310 e. The number of fused-ring (bicyclic) bond motifs is 2. The summed E-state index contributed by atoms with van der Waals surface area (Å²) in [5.41, 5.74) is 5.37. The number of hydrogen-bond acceptors (Lipinski definition) is 3. The first-order valence-electron chi connectivity index (χ1n) is 10.4. The van der Waals surface area contributed by atoms with Crippen LogP contribution in [0.3, 0.4) is 0 Å². The number of carbonyl (C=O) groups excluding carboxylic acids is 2. The van der Waals surface area contributed by atoms with Gasteiger partial charge in [0.1, 0.15) is 5.82 Å². The zero-order valence-corrected chi connectivity index (χ0v) is 17.8. The van der Waals surface area contributed by atoms with Crippen molar-refractivity contribution in [2.24, 2.45) is 0 Å². The van der Waals surface area contributed by atoms with Crippen LogP contribution in [0, 0.1) is 20.8 Å². The first-order chi connectivity index (χ1) is 14.9. The first-order valence-corrected chi connectivity index (χ1v) is 10.4. The summed E-state index contributed by atoms with van der Waals surface area (Å²) in [5.74, 6) is -0.178. The van der Waals surface area contributed by atoms with E-state index in [0.717, 1.165) is 33.3 Å². The Morgan fingerprint density at radius 3 is 2.52 bits per heavy atom. The van der Waals surface area contributed by atoms with Crippen molar-refractivity contribution in [2.45, 2.75) is 33.1 Å². The molecular weight excluding hydrogens is 386 g/mol. The van der Waals surface area contributed by atoms with Gasteiger partial charge in [-0.2, -0.15) is 5.10 Å². The molecule has 0 radical (unpaired) electrons. The Kier molecular flexibility index (Phi) is 4.47. The Bertz CT molecular complexity index is 1370. The normalized spacial score (nSPS) is 15.6. The number of nitrogens with one attached hydrogen (secondary N) is 1. The SMILES string of the molecule is Cc1ccc(-n2nc(C)c3c2NC(=O)CC3C(=O)c2ccc3ccccc3c2)cc1C. The van der Waals surface area contributed by atoms with E-state index in [1.165, 1.54) is 5.56 Å². The summed E-state index contributed by atoms with van der Waals surface area (Å²) in [5, 5.41) is 9.74. The highest BCUT2D eigenvalue weighted by molar-refractivity contribution is 6.09. The molecule has 1 aliphatic rings. The summed E-state index contributed by atoms with van der Waals surface area (Å²) < 4.78 is 1.74. The number of hydrogen-bond donors (Lipinski definition) is 1. The van der Waals surface area contributed by atoms with Crippen molar-refractivity contribution in [3.8, 4) is 5.69 Å². The molecule has 1 unspecified atom stereocenters. The smallest absolute Gasteiger partial charge is 0.226 e. The highest BCUT2D eigenvalue weighted by atomic mass is 16.2. The van der Waals surface area contributed by atoms with Gasteiger partial charge in [0.05, 0.1) is 17.3 Å². The highest BCUT2D eigenvalue weighted by Crippen LogP contribution is 2.38. The third kappa shape index (κ3) is 3.22. The number of amides is 1. The summed E-state index contributed by atoms with van der Waals surface area (Å²) in [6.45, 7) is 6.00. The van der Waals surface area contributed by atoms with E-state index in [1.807, 2.05) is 74.5 Å². The van der Waals surface area contributed by atoms with Gasteiger partial charge in [0.15, 0.2) is 5.78 Å². The Morgan fingerprint density at radius 1 is 0.968 bits per heavy atom. The van der Waals surface area contributed by atoms with E-state index in [0.29, 0.717) is 11.4 Å². The molecule has 1 amide bonds. The molecule has 154 valence electrons. The van der Waals surface area contributed by atoms with Crippen LogP contribution in [0.2, 0.25) is 0 Å². The molecule has 5 rings (SSSR count). The second-order valence-electron chi connectivity index (χ2n) is 8.26. The topological polar surface area (TPSA) is 64.0 Å². The minimum atomic E-state index is -0.551. The Morgan fingerprint density at radius 2 is 1.74 bits per heavy atom. The zero-order valence-electron chi connectivity index (χ0n) is 17.8. The monoisotopic (exact) mass is 409 g/mol. The van der Waals surface area contributed by atoms with Gasteiger partial charge in [-0.05, 0) is 60.9 Å². The lowest BCUT2D eigenvalue weighted by Crippen LogP contribution is -2.28. The molecular formula is C26H23N3O2. The quantitative estimate of drug-likeness (QED) is 0.470. The van der Waals surface area contributed by atoms with Crippen molar-refractivity contribution < 1.29 is 9.59 Å². The van der Waals surface area contributed by atoms with Gasteiger partial charge in [0.25, 0.3) is 0 Å². The van der Waals surface area contributed by atoms with Crippen LogP contribution in [0.1, 0.15) is 45.1 Å². The molecule has 2 heterocycles. The zero-order chi connectivity index (χ0) is 21.7. The molecule has 1 atom stereocenters. The van der Waals surface area contributed by atoms with Crippen molar-refractivity contribution >= 4 is 28.3 Å². The second kappa shape index (κ2) is 7.20. The van der Waals surface area contributed by atoms with Crippen molar-refractivity contribution in [1.82, 2.24) is 9.78 Å². The number of aromatic nitrogens is 2. The predicted molar refractivity (Wildman–Crippen MR) is 122 cm³/mol. The van der Waals surface area contributed by atoms with Gasteiger partial charge >= 0.3 is 0 Å². The third-order valence-electron chi connectivity index (χ3n) is 6.19. The summed E-state index contributed by atoms with van der Waals surface area (Å²) >= 11 is 0. The van der Waals surface area contributed by atoms with E-state index in [-0.39, 0.29) is 18.1 Å². The Hall–Kier alpha value is -3.73. The standard InChI is InChI=1S/C26H23N3O2/c1-15-8-11-21(12-16(15)2)29-26-24(17(3)28-29)22(14-23(30)27-26)25(31)20-10-9-18-6-4-5-7-19(18)13-20/h4-13,22H,14H2,1-3H3,(H,27,30). The lowest BCUT2D eigenvalue weighted by Gasteiger charge is -2.23. The number of carbonyl (C=O) groups is 2. The van der Waals surface area contributed by atoms with Crippen LogP contribution in [0.5, 0.6) is 0 Å². The molecule has 4 aromatic rings. The van der Waals surface area contributed by atoms with E-state index < -0.39 is 5.92 Å². The van der Waals surface area contributed by atoms with Crippen LogP contribution in [0.25, 0.3) is 16.5 Å². The number of nitrogens with zero attached hydrogens (tertiary/aromatic N) is 2. The summed E-state index contributed by atoms with van der Waals surface area (Å²) in [7, 11) is 0. The Balaban J connectivity index is 1.60. The van der Waals surface area contributed by atoms with Crippen LogP contribution < -0.4 is 5.32 Å². The van der Waals surface area contributed by atoms with E-state index >= 15 is 0 Å². The number of ketones is 1. The van der Waals surface area contributed by atoms with Crippen LogP contribution >= 0.6 is 0 Å². The van der Waals surface area contributed by atoms with Crippen LogP contribution in [-0.4, -0.2) is 21.5 Å². The number of benzene rings is 3. The lowest BCUT2D eigenvalue weighted by atomic mass is 9.85. The van der Waals surface area contributed by atoms with Gasteiger partial charge < -0.3 is 5.32 Å². The maximum atomic E-state index is 13.5. The number of anilines is 1. The van der Waals surface area contributed by atoms with Crippen molar-refractivity contribution in [2.75, 3.05) is 5.32 Å². The molecule has 31 heavy (non-hydrogen) atoms. The average molecular weight is 409 g/mol. The molecule has 0 saturated heterocycles. The van der Waals surface area contributed by atoms with Crippen LogP contribution in [0.4, 0.5) is 5.82 Å². The predicted octanol–water partition coefficient (Wildman–Crippen LogP) is 5.26. The molecule has 0 saturated carbocycles. The summed E-state index contributed by atoms with van der Waals surface area (Å²) in [6.07, 6.45) is 0.123. The Labute approximate surface area is 180 Å². The lowest BCUT2D eigenvalue weighted by molar-refractivity contribution is -0.116. The van der Waals surface area contributed by atoms with Gasteiger partial charge in [0.2, 0.25) is 5.91 Å². The number of rotatable bonds is 3. The molecule has 5 nitrogen and oxygen atoms in total. The maximum Gasteiger partial charge on any atom is 0.226 e. The number of Topliss-reactive ketones (excluding diaryl/α,β-unsaturated/α-hetero) is 1. The summed E-state index contributed by atoms with van der Waals surface area (Å²) in [6, 6.07) is 19.7. The molecule has 0 bridgehead atoms. The fraction of sp³-hybridized carbons (Fsp3) is 0.192. The van der Waals surface area contributed by atoms with Gasteiger partial charge in [0, 0.05) is 17.5 Å². The third-order valence-corrected chi connectivity index (χ3v) is 6.19. The molecule has 1 aromatic heterocycles. The van der Waals surface area contributed by atoms with E-state index in [4.69, 9.17) is 5.10 Å². The molecule has 0 fully saturated rings. The van der Waals surface area contributed by atoms with Gasteiger partial charge in [-0.15, -0.1) is 0 Å². The molecule has 1 N–H and O–H groups in total.